The summed E-state index contributed by atoms with van der Waals surface area (Å²) in [7, 11) is 0. The fourth-order valence-corrected chi connectivity index (χ4v) is 2.12. The van der Waals surface area contributed by atoms with Crippen LogP contribution in [-0.2, 0) is 9.53 Å². The third-order valence-electron chi connectivity index (χ3n) is 2.90. The van der Waals surface area contributed by atoms with Gasteiger partial charge in [0.15, 0.2) is 0 Å². The monoisotopic (exact) mass is 209 g/mol. The Kier molecular flexibility index (Phi) is 2.49. The van der Waals surface area contributed by atoms with E-state index in [4.69, 9.17) is 4.74 Å². The van der Waals surface area contributed by atoms with Gasteiger partial charge in [-0.25, -0.2) is 4.79 Å². The van der Waals surface area contributed by atoms with Gasteiger partial charge in [0.25, 0.3) is 0 Å². The lowest BCUT2D eigenvalue weighted by Crippen LogP contribution is -2.50. The normalized spacial score (nSPS) is 25.1. The number of ether oxygens (including phenoxy) is 1. The van der Waals surface area contributed by atoms with Crippen molar-refractivity contribution in [2.75, 3.05) is 6.54 Å². The summed E-state index contributed by atoms with van der Waals surface area (Å²) in [6.07, 6.45) is 5.44. The predicted molar refractivity (Wildman–Crippen MR) is 58.3 cm³/mol. The van der Waals surface area contributed by atoms with Crippen molar-refractivity contribution in [1.29, 1.82) is 0 Å². The lowest BCUT2D eigenvalue weighted by molar-refractivity contribution is -0.153. The Bertz CT molecular complexity index is 301. The van der Waals surface area contributed by atoms with Gasteiger partial charge in [0.1, 0.15) is 11.3 Å². The van der Waals surface area contributed by atoms with Crippen molar-refractivity contribution in [2.45, 2.75) is 51.7 Å². The second kappa shape index (κ2) is 3.54. The maximum absolute atomic E-state index is 11.9. The minimum atomic E-state index is -0.393. The molecule has 3 nitrogen and oxygen atoms in total. The highest BCUT2D eigenvalue weighted by Gasteiger charge is 2.36. The largest absolute Gasteiger partial charge is 0.455 e. The summed E-state index contributed by atoms with van der Waals surface area (Å²) >= 11 is 0. The van der Waals surface area contributed by atoms with Crippen LogP contribution >= 0.6 is 0 Å². The molecule has 84 valence electrons. The highest BCUT2D eigenvalue weighted by atomic mass is 16.6. The lowest BCUT2D eigenvalue weighted by Gasteiger charge is -2.46. The molecule has 0 spiro atoms. The molecule has 1 fully saturated rings. The molecule has 0 amide bonds. The third kappa shape index (κ3) is 2.16. The van der Waals surface area contributed by atoms with Gasteiger partial charge < -0.3 is 9.64 Å². The zero-order chi connectivity index (χ0) is 11.1. The first-order chi connectivity index (χ1) is 6.97. The van der Waals surface area contributed by atoms with Gasteiger partial charge in [-0.05, 0) is 40.0 Å². The van der Waals surface area contributed by atoms with Crippen LogP contribution in [0.25, 0.3) is 0 Å². The van der Waals surface area contributed by atoms with Crippen LogP contribution in [0.4, 0.5) is 0 Å². The molecule has 2 aliphatic heterocycles. The topological polar surface area (TPSA) is 29.5 Å². The van der Waals surface area contributed by atoms with Crippen molar-refractivity contribution < 1.29 is 9.53 Å². The number of esters is 1. The van der Waals surface area contributed by atoms with Gasteiger partial charge in [-0.15, -0.1) is 0 Å². The Morgan fingerprint density at radius 2 is 2.20 bits per heavy atom. The zero-order valence-electron chi connectivity index (χ0n) is 9.75. The SMILES string of the molecule is CC(C)(C)OC(=O)C1=CCCC2CCN12. The molecule has 0 N–H and O–H groups in total. The number of rotatable bonds is 1. The van der Waals surface area contributed by atoms with E-state index in [1.165, 1.54) is 12.8 Å². The molecule has 0 bridgehead atoms. The van der Waals surface area contributed by atoms with E-state index in [0.717, 1.165) is 18.7 Å². The molecule has 0 radical (unpaired) electrons. The third-order valence-corrected chi connectivity index (χ3v) is 2.90. The first-order valence-corrected chi connectivity index (χ1v) is 5.67. The van der Waals surface area contributed by atoms with Crippen LogP contribution < -0.4 is 0 Å². The summed E-state index contributed by atoms with van der Waals surface area (Å²) in [4.78, 5) is 14.0. The summed E-state index contributed by atoms with van der Waals surface area (Å²) in [5, 5.41) is 0. The molecule has 2 aliphatic rings. The Balaban J connectivity index is 2.03. The average molecular weight is 209 g/mol. The summed E-state index contributed by atoms with van der Waals surface area (Å²) in [6, 6.07) is 0.595. The van der Waals surface area contributed by atoms with Crippen LogP contribution in [0.5, 0.6) is 0 Å². The molecule has 1 unspecified atom stereocenters. The van der Waals surface area contributed by atoms with E-state index < -0.39 is 5.60 Å². The van der Waals surface area contributed by atoms with E-state index in [9.17, 15) is 4.79 Å². The Morgan fingerprint density at radius 1 is 1.47 bits per heavy atom. The smallest absolute Gasteiger partial charge is 0.354 e. The zero-order valence-corrected chi connectivity index (χ0v) is 9.75. The van der Waals surface area contributed by atoms with Gasteiger partial charge in [-0.3, -0.25) is 0 Å². The highest BCUT2D eigenvalue weighted by Crippen LogP contribution is 2.32. The standard InChI is InChI=1S/C12H19NO2/c1-12(2,3)15-11(14)10-6-4-5-9-7-8-13(9)10/h6,9H,4-5,7-8H2,1-3H3. The maximum atomic E-state index is 11.9. The Hall–Kier alpha value is -0.990. The molecule has 2 heterocycles. The molecule has 1 atom stereocenters. The van der Waals surface area contributed by atoms with Crippen LogP contribution in [0, 0.1) is 0 Å². The molecule has 1 saturated heterocycles. The summed E-state index contributed by atoms with van der Waals surface area (Å²) in [5.74, 6) is -0.160. The van der Waals surface area contributed by atoms with E-state index >= 15 is 0 Å². The maximum Gasteiger partial charge on any atom is 0.354 e. The van der Waals surface area contributed by atoms with Crippen molar-refractivity contribution in [2.24, 2.45) is 0 Å². The minimum absolute atomic E-state index is 0.160. The molecule has 0 aromatic rings. The Morgan fingerprint density at radius 3 is 2.73 bits per heavy atom. The van der Waals surface area contributed by atoms with Crippen molar-refractivity contribution in [1.82, 2.24) is 4.90 Å². The molecule has 2 rings (SSSR count). The summed E-state index contributed by atoms with van der Waals surface area (Å²) < 4.78 is 5.38. The number of carbonyl (C=O) groups excluding carboxylic acids is 1. The molecule has 0 saturated carbocycles. The van der Waals surface area contributed by atoms with Gasteiger partial charge in [0, 0.05) is 12.6 Å². The fraction of sp³-hybridized carbons (Fsp3) is 0.750. The number of carbonyl (C=O) groups is 1. The summed E-state index contributed by atoms with van der Waals surface area (Å²) in [6.45, 7) is 6.72. The van der Waals surface area contributed by atoms with Gasteiger partial charge in [-0.1, -0.05) is 6.08 Å². The van der Waals surface area contributed by atoms with E-state index in [1.807, 2.05) is 26.8 Å². The molecule has 0 aliphatic carbocycles. The van der Waals surface area contributed by atoms with Gasteiger partial charge in [-0.2, -0.15) is 0 Å². The molecule has 15 heavy (non-hydrogen) atoms. The van der Waals surface area contributed by atoms with Gasteiger partial charge >= 0.3 is 5.97 Å². The highest BCUT2D eigenvalue weighted by molar-refractivity contribution is 5.88. The second-order valence-electron chi connectivity index (χ2n) is 5.30. The van der Waals surface area contributed by atoms with Crippen LogP contribution in [0.1, 0.15) is 40.0 Å². The van der Waals surface area contributed by atoms with Crippen LogP contribution in [0.3, 0.4) is 0 Å². The number of allylic oxidation sites excluding steroid dienone is 1. The number of fused-ring (bicyclic) bond motifs is 1. The number of hydrogen-bond acceptors (Lipinski definition) is 3. The quantitative estimate of drug-likeness (QED) is 0.619. The van der Waals surface area contributed by atoms with Crippen molar-refractivity contribution >= 4 is 5.97 Å². The number of hydrogen-bond donors (Lipinski definition) is 0. The average Bonchev–Trinajstić information content (AvgIpc) is 2.03. The predicted octanol–water partition coefficient (Wildman–Crippen LogP) is 2.08. The van der Waals surface area contributed by atoms with E-state index in [1.54, 1.807) is 0 Å². The minimum Gasteiger partial charge on any atom is -0.455 e. The molecular weight excluding hydrogens is 190 g/mol. The van der Waals surface area contributed by atoms with Gasteiger partial charge in [0.2, 0.25) is 0 Å². The first-order valence-electron chi connectivity index (χ1n) is 5.67. The van der Waals surface area contributed by atoms with Crippen LogP contribution in [0.15, 0.2) is 11.8 Å². The molecule has 0 aromatic heterocycles. The molecule has 0 aromatic carbocycles. The Labute approximate surface area is 91.1 Å². The van der Waals surface area contributed by atoms with Crippen molar-refractivity contribution in [3.63, 3.8) is 0 Å². The molecule has 3 heteroatoms. The first kappa shape index (κ1) is 10.5. The van der Waals surface area contributed by atoms with Crippen LogP contribution in [0.2, 0.25) is 0 Å². The van der Waals surface area contributed by atoms with E-state index in [-0.39, 0.29) is 5.97 Å². The van der Waals surface area contributed by atoms with E-state index in [0.29, 0.717) is 6.04 Å². The number of nitrogens with zero attached hydrogens (tertiary/aromatic N) is 1. The van der Waals surface area contributed by atoms with Crippen molar-refractivity contribution in [3.05, 3.63) is 11.8 Å². The van der Waals surface area contributed by atoms with Gasteiger partial charge in [0.05, 0.1) is 0 Å². The van der Waals surface area contributed by atoms with Crippen molar-refractivity contribution in [3.8, 4) is 0 Å². The molecular formula is C12H19NO2. The van der Waals surface area contributed by atoms with E-state index in [2.05, 4.69) is 4.90 Å². The fourth-order valence-electron chi connectivity index (χ4n) is 2.12. The van der Waals surface area contributed by atoms with Crippen LogP contribution in [-0.4, -0.2) is 29.1 Å². The summed E-state index contributed by atoms with van der Waals surface area (Å²) in [5.41, 5.74) is 0.392. The second-order valence-corrected chi connectivity index (χ2v) is 5.30. The lowest BCUT2D eigenvalue weighted by atomic mass is 9.92.